The van der Waals surface area contributed by atoms with E-state index in [0.717, 1.165) is 37.7 Å². The van der Waals surface area contributed by atoms with Gasteiger partial charge >= 0.3 is 0 Å². The number of ether oxygens (including phenoxy) is 1. The summed E-state index contributed by atoms with van der Waals surface area (Å²) < 4.78 is 5.58. The highest BCUT2D eigenvalue weighted by Gasteiger charge is 2.34. The number of nitrogens with one attached hydrogen (secondary N) is 1. The average Bonchev–Trinajstić information content (AvgIpc) is 3.26. The molecule has 0 aromatic heterocycles. The third kappa shape index (κ3) is 3.76. The molecule has 4 nitrogen and oxygen atoms in total. The quantitative estimate of drug-likeness (QED) is 0.874. The minimum absolute atomic E-state index is 0.0135. The number of carbonyl (C=O) groups excluding carboxylic acids is 1. The number of hydrogen-bond donors (Lipinski definition) is 1. The van der Waals surface area contributed by atoms with Gasteiger partial charge in [0.15, 0.2) is 0 Å². The Labute approximate surface area is 126 Å². The highest BCUT2D eigenvalue weighted by Crippen LogP contribution is 2.29. The van der Waals surface area contributed by atoms with Crippen LogP contribution in [0.4, 0.5) is 0 Å². The van der Waals surface area contributed by atoms with Crippen LogP contribution in [0.3, 0.4) is 0 Å². The van der Waals surface area contributed by atoms with Crippen molar-refractivity contribution in [3.05, 3.63) is 29.8 Å². The van der Waals surface area contributed by atoms with E-state index >= 15 is 0 Å². The second-order valence-corrected chi connectivity index (χ2v) is 6.06. The molecule has 1 aliphatic carbocycles. The van der Waals surface area contributed by atoms with E-state index in [1.165, 1.54) is 12.8 Å². The number of likely N-dealkylation sites (tertiary alicyclic amines) is 1. The van der Waals surface area contributed by atoms with Gasteiger partial charge < -0.3 is 10.1 Å². The molecule has 1 aliphatic heterocycles. The summed E-state index contributed by atoms with van der Waals surface area (Å²) in [7, 11) is 0. The van der Waals surface area contributed by atoms with Crippen LogP contribution < -0.4 is 10.1 Å². The molecule has 3 rings (SSSR count). The van der Waals surface area contributed by atoms with Gasteiger partial charge in [-0.3, -0.25) is 9.69 Å². The van der Waals surface area contributed by atoms with Crippen LogP contribution in [0.25, 0.3) is 0 Å². The minimum Gasteiger partial charge on any atom is -0.494 e. The van der Waals surface area contributed by atoms with Gasteiger partial charge in [0.2, 0.25) is 0 Å². The summed E-state index contributed by atoms with van der Waals surface area (Å²) in [6.45, 7) is 4.88. The maximum Gasteiger partial charge on any atom is 0.251 e. The summed E-state index contributed by atoms with van der Waals surface area (Å²) in [5.74, 6) is 0.787. The SMILES string of the molecule is CCCOc1cccc(C(=O)N[C@@H]2CCN(C3CC3)C2)c1. The zero-order chi connectivity index (χ0) is 14.7. The van der Waals surface area contributed by atoms with Gasteiger partial charge in [0.1, 0.15) is 5.75 Å². The molecule has 2 fully saturated rings. The van der Waals surface area contributed by atoms with Crippen molar-refractivity contribution in [1.29, 1.82) is 0 Å². The lowest BCUT2D eigenvalue weighted by atomic mass is 10.1. The second kappa shape index (κ2) is 6.48. The molecule has 1 atom stereocenters. The zero-order valence-electron chi connectivity index (χ0n) is 12.7. The number of hydrogen-bond acceptors (Lipinski definition) is 3. The van der Waals surface area contributed by atoms with Gasteiger partial charge in [-0.1, -0.05) is 13.0 Å². The number of carbonyl (C=O) groups is 1. The minimum atomic E-state index is 0.0135. The van der Waals surface area contributed by atoms with E-state index in [1.807, 2.05) is 24.3 Å². The summed E-state index contributed by atoms with van der Waals surface area (Å²) in [5, 5.41) is 3.15. The van der Waals surface area contributed by atoms with Crippen LogP contribution in [-0.2, 0) is 0 Å². The first-order chi connectivity index (χ1) is 10.3. The number of amides is 1. The van der Waals surface area contributed by atoms with Gasteiger partial charge in [-0.2, -0.15) is 0 Å². The van der Waals surface area contributed by atoms with E-state index in [-0.39, 0.29) is 5.91 Å². The fourth-order valence-electron chi connectivity index (χ4n) is 2.89. The molecule has 1 aromatic carbocycles. The largest absolute Gasteiger partial charge is 0.494 e. The maximum atomic E-state index is 12.3. The molecule has 0 unspecified atom stereocenters. The van der Waals surface area contributed by atoms with Crippen LogP contribution in [0.1, 0.15) is 43.0 Å². The summed E-state index contributed by atoms with van der Waals surface area (Å²) in [6.07, 6.45) is 4.69. The van der Waals surface area contributed by atoms with Gasteiger partial charge in [0.05, 0.1) is 6.61 Å². The van der Waals surface area contributed by atoms with Gasteiger partial charge in [-0.25, -0.2) is 0 Å². The number of rotatable bonds is 6. The van der Waals surface area contributed by atoms with Crippen LogP contribution in [0.2, 0.25) is 0 Å². The Morgan fingerprint density at radius 1 is 1.38 bits per heavy atom. The van der Waals surface area contributed by atoms with Crippen molar-refractivity contribution >= 4 is 5.91 Å². The predicted molar refractivity (Wildman–Crippen MR) is 82.7 cm³/mol. The number of benzene rings is 1. The van der Waals surface area contributed by atoms with Crippen molar-refractivity contribution in [2.24, 2.45) is 0 Å². The molecule has 1 saturated heterocycles. The third-order valence-corrected chi connectivity index (χ3v) is 4.19. The van der Waals surface area contributed by atoms with Gasteiger partial charge in [0.25, 0.3) is 5.91 Å². The fraction of sp³-hybridized carbons (Fsp3) is 0.588. The molecule has 114 valence electrons. The molecular weight excluding hydrogens is 264 g/mol. The Balaban J connectivity index is 1.55. The van der Waals surface area contributed by atoms with Crippen molar-refractivity contribution in [3.8, 4) is 5.75 Å². The van der Waals surface area contributed by atoms with Gasteiger partial charge in [-0.05, 0) is 43.9 Å². The van der Waals surface area contributed by atoms with E-state index in [1.54, 1.807) is 0 Å². The average molecular weight is 288 g/mol. The summed E-state index contributed by atoms with van der Waals surface area (Å²) in [5.41, 5.74) is 0.688. The molecule has 0 spiro atoms. The van der Waals surface area contributed by atoms with Crippen molar-refractivity contribution in [1.82, 2.24) is 10.2 Å². The number of nitrogens with zero attached hydrogens (tertiary/aromatic N) is 1. The third-order valence-electron chi connectivity index (χ3n) is 4.19. The monoisotopic (exact) mass is 288 g/mol. The summed E-state index contributed by atoms with van der Waals surface area (Å²) in [4.78, 5) is 14.8. The normalized spacial score (nSPS) is 22.2. The van der Waals surface area contributed by atoms with E-state index < -0.39 is 0 Å². The van der Waals surface area contributed by atoms with Crippen molar-refractivity contribution in [3.63, 3.8) is 0 Å². The van der Waals surface area contributed by atoms with Crippen LogP contribution in [0.5, 0.6) is 5.75 Å². The first-order valence-electron chi connectivity index (χ1n) is 8.04. The second-order valence-electron chi connectivity index (χ2n) is 6.06. The molecule has 1 saturated carbocycles. The molecule has 2 aliphatic rings. The van der Waals surface area contributed by atoms with Crippen LogP contribution in [0.15, 0.2) is 24.3 Å². The van der Waals surface area contributed by atoms with Crippen molar-refractivity contribution in [2.45, 2.75) is 44.7 Å². The van der Waals surface area contributed by atoms with E-state index in [0.29, 0.717) is 18.2 Å². The molecule has 4 heteroatoms. The van der Waals surface area contributed by atoms with Gasteiger partial charge in [-0.15, -0.1) is 0 Å². The lowest BCUT2D eigenvalue weighted by Gasteiger charge is -2.16. The first-order valence-corrected chi connectivity index (χ1v) is 8.04. The van der Waals surface area contributed by atoms with E-state index in [9.17, 15) is 4.79 Å². The molecule has 1 N–H and O–H groups in total. The highest BCUT2D eigenvalue weighted by atomic mass is 16.5. The lowest BCUT2D eigenvalue weighted by Crippen LogP contribution is -2.37. The van der Waals surface area contributed by atoms with Crippen LogP contribution in [0, 0.1) is 0 Å². The Hall–Kier alpha value is -1.55. The molecule has 21 heavy (non-hydrogen) atoms. The van der Waals surface area contributed by atoms with E-state index in [4.69, 9.17) is 4.74 Å². The maximum absolute atomic E-state index is 12.3. The Morgan fingerprint density at radius 2 is 2.24 bits per heavy atom. The smallest absolute Gasteiger partial charge is 0.251 e. The zero-order valence-corrected chi connectivity index (χ0v) is 12.7. The first kappa shape index (κ1) is 14.4. The molecule has 1 heterocycles. The topological polar surface area (TPSA) is 41.6 Å². The van der Waals surface area contributed by atoms with Crippen molar-refractivity contribution in [2.75, 3.05) is 19.7 Å². The standard InChI is InChI=1S/C17H24N2O2/c1-2-10-21-16-5-3-4-13(11-16)17(20)18-14-8-9-19(12-14)15-6-7-15/h3-5,11,14-15H,2,6-10,12H2,1H3,(H,18,20)/t14-/m1/s1. The molecule has 0 bridgehead atoms. The van der Waals surface area contributed by atoms with E-state index in [2.05, 4.69) is 17.1 Å². The molecule has 0 radical (unpaired) electrons. The lowest BCUT2D eigenvalue weighted by molar-refractivity contribution is 0.0937. The molecular formula is C17H24N2O2. The summed E-state index contributed by atoms with van der Waals surface area (Å²) in [6, 6.07) is 8.54. The molecule has 1 aromatic rings. The van der Waals surface area contributed by atoms with Crippen LogP contribution >= 0.6 is 0 Å². The summed E-state index contributed by atoms with van der Waals surface area (Å²) >= 11 is 0. The van der Waals surface area contributed by atoms with Gasteiger partial charge in [0, 0.05) is 30.7 Å². The Bertz CT molecular complexity index is 499. The van der Waals surface area contributed by atoms with Crippen molar-refractivity contribution < 1.29 is 9.53 Å². The predicted octanol–water partition coefficient (Wildman–Crippen LogP) is 2.44. The molecule has 1 amide bonds. The highest BCUT2D eigenvalue weighted by molar-refractivity contribution is 5.94. The Morgan fingerprint density at radius 3 is 3.00 bits per heavy atom. The fourth-order valence-corrected chi connectivity index (χ4v) is 2.89. The van der Waals surface area contributed by atoms with Crippen LogP contribution in [-0.4, -0.2) is 42.6 Å². The Kier molecular flexibility index (Phi) is 4.44.